The number of nitrogens with zero attached hydrogens (tertiary/aromatic N) is 5. The maximum absolute atomic E-state index is 13.2. The van der Waals surface area contributed by atoms with Crippen LogP contribution in [0.4, 0.5) is 24.8 Å². The highest BCUT2D eigenvalue weighted by molar-refractivity contribution is 5.94. The zero-order chi connectivity index (χ0) is 30.0. The molecule has 2 aromatic heterocycles. The first kappa shape index (κ1) is 29.2. The number of carbonyl (C=O) groups is 2. The van der Waals surface area contributed by atoms with Gasteiger partial charge in [0.2, 0.25) is 11.9 Å². The van der Waals surface area contributed by atoms with Crippen molar-refractivity contribution >= 4 is 34.7 Å². The first-order valence-corrected chi connectivity index (χ1v) is 15.0. The van der Waals surface area contributed by atoms with Gasteiger partial charge in [-0.3, -0.25) is 9.59 Å². The average molecular weight is 596 g/mol. The van der Waals surface area contributed by atoms with Crippen molar-refractivity contribution in [3.05, 3.63) is 59.8 Å². The van der Waals surface area contributed by atoms with Gasteiger partial charge in [-0.15, -0.1) is 5.10 Å². The van der Waals surface area contributed by atoms with E-state index < -0.39 is 24.9 Å². The lowest BCUT2D eigenvalue weighted by molar-refractivity contribution is -0.148. The molecular weight excluding hydrogens is 559 g/mol. The van der Waals surface area contributed by atoms with Crippen molar-refractivity contribution in [2.24, 2.45) is 0 Å². The first-order chi connectivity index (χ1) is 20.7. The summed E-state index contributed by atoms with van der Waals surface area (Å²) in [6.45, 7) is 3.22. The van der Waals surface area contributed by atoms with E-state index in [2.05, 4.69) is 20.7 Å². The van der Waals surface area contributed by atoms with Crippen LogP contribution in [0.2, 0.25) is 0 Å². The SMILES string of the molecule is O=C(CCC(F)(F)F)N1CC=C(c2cccn3nc(Nc4ccc(C(=O)N5CCCC6(CCCN6)CC5)cc4)nc23)CC1. The van der Waals surface area contributed by atoms with Crippen LogP contribution in [-0.2, 0) is 4.79 Å². The highest BCUT2D eigenvalue weighted by Crippen LogP contribution is 2.32. The molecule has 1 aromatic carbocycles. The second-order valence-electron chi connectivity index (χ2n) is 11.7. The quantitative estimate of drug-likeness (QED) is 0.408. The third kappa shape index (κ3) is 6.69. The molecular formula is C31H36F3N7O2. The molecule has 3 aromatic rings. The van der Waals surface area contributed by atoms with Gasteiger partial charge in [0.05, 0.1) is 6.42 Å². The molecule has 1 atom stereocenters. The molecule has 0 saturated carbocycles. The molecule has 1 unspecified atom stereocenters. The Bertz CT molecular complexity index is 1510. The number of nitrogens with one attached hydrogen (secondary N) is 2. The van der Waals surface area contributed by atoms with Crippen LogP contribution in [0.3, 0.4) is 0 Å². The van der Waals surface area contributed by atoms with Crippen LogP contribution in [0.1, 0.15) is 67.3 Å². The maximum Gasteiger partial charge on any atom is 0.389 e. The Kier molecular flexibility index (Phi) is 8.13. The molecule has 0 aliphatic carbocycles. The zero-order valence-electron chi connectivity index (χ0n) is 24.0. The van der Waals surface area contributed by atoms with E-state index in [4.69, 9.17) is 0 Å². The largest absolute Gasteiger partial charge is 0.389 e. The van der Waals surface area contributed by atoms with Crippen LogP contribution in [0, 0.1) is 0 Å². The molecule has 3 aliphatic rings. The Labute approximate surface area is 248 Å². The molecule has 5 heterocycles. The molecule has 43 heavy (non-hydrogen) atoms. The monoisotopic (exact) mass is 595 g/mol. The van der Waals surface area contributed by atoms with Gasteiger partial charge >= 0.3 is 6.18 Å². The number of hydrogen-bond acceptors (Lipinski definition) is 6. The lowest BCUT2D eigenvalue weighted by Gasteiger charge is -2.28. The minimum atomic E-state index is -4.34. The fraction of sp³-hybridized carbons (Fsp3) is 0.484. The summed E-state index contributed by atoms with van der Waals surface area (Å²) >= 11 is 0. The van der Waals surface area contributed by atoms with Crippen molar-refractivity contribution in [1.29, 1.82) is 0 Å². The Balaban J connectivity index is 1.09. The van der Waals surface area contributed by atoms with Gasteiger partial charge in [-0.2, -0.15) is 18.2 Å². The summed E-state index contributed by atoms with van der Waals surface area (Å²) in [5.41, 5.74) is 4.07. The minimum Gasteiger partial charge on any atom is -0.339 e. The van der Waals surface area contributed by atoms with Gasteiger partial charge < -0.3 is 20.4 Å². The summed E-state index contributed by atoms with van der Waals surface area (Å²) in [5, 5.41) is 11.4. The van der Waals surface area contributed by atoms with Crippen molar-refractivity contribution in [3.63, 3.8) is 0 Å². The summed E-state index contributed by atoms with van der Waals surface area (Å²) in [6, 6.07) is 11.1. The Morgan fingerprint density at radius 3 is 2.53 bits per heavy atom. The van der Waals surface area contributed by atoms with E-state index in [-0.39, 0.29) is 18.0 Å². The fourth-order valence-electron chi connectivity index (χ4n) is 6.46. The number of alkyl halides is 3. The summed E-state index contributed by atoms with van der Waals surface area (Å²) < 4.78 is 39.2. The number of likely N-dealkylation sites (tertiary alicyclic amines) is 1. The molecule has 6 rings (SSSR count). The van der Waals surface area contributed by atoms with Gasteiger partial charge in [-0.1, -0.05) is 6.08 Å². The van der Waals surface area contributed by atoms with E-state index in [1.54, 1.807) is 10.7 Å². The Morgan fingerprint density at radius 2 is 1.81 bits per heavy atom. The lowest BCUT2D eigenvalue weighted by atomic mass is 9.89. The number of benzene rings is 1. The number of anilines is 2. The normalized spacial score (nSPS) is 21.2. The zero-order valence-corrected chi connectivity index (χ0v) is 24.0. The average Bonchev–Trinajstić information content (AvgIpc) is 3.58. The number of aromatic nitrogens is 3. The van der Waals surface area contributed by atoms with E-state index >= 15 is 0 Å². The van der Waals surface area contributed by atoms with E-state index in [0.29, 0.717) is 30.1 Å². The maximum atomic E-state index is 13.2. The van der Waals surface area contributed by atoms with Gasteiger partial charge in [-0.05, 0) is 87.0 Å². The van der Waals surface area contributed by atoms with Crippen molar-refractivity contribution in [3.8, 4) is 0 Å². The number of rotatable bonds is 6. The third-order valence-electron chi connectivity index (χ3n) is 8.84. The van der Waals surface area contributed by atoms with Gasteiger partial charge in [-0.25, -0.2) is 4.52 Å². The summed E-state index contributed by atoms with van der Waals surface area (Å²) in [4.78, 5) is 33.6. The summed E-state index contributed by atoms with van der Waals surface area (Å²) in [5.74, 6) is -0.0408. The molecule has 3 aliphatic heterocycles. The van der Waals surface area contributed by atoms with E-state index in [9.17, 15) is 22.8 Å². The molecule has 0 radical (unpaired) electrons. The smallest absolute Gasteiger partial charge is 0.339 e. The fourth-order valence-corrected chi connectivity index (χ4v) is 6.46. The Hall–Kier alpha value is -3.93. The lowest BCUT2D eigenvalue weighted by Crippen LogP contribution is -2.41. The predicted molar refractivity (Wildman–Crippen MR) is 157 cm³/mol. The number of halogens is 3. The van der Waals surface area contributed by atoms with Crippen LogP contribution in [-0.4, -0.2) is 80.7 Å². The van der Waals surface area contributed by atoms with Crippen LogP contribution in [0.15, 0.2) is 48.7 Å². The van der Waals surface area contributed by atoms with Crippen LogP contribution in [0.25, 0.3) is 11.2 Å². The molecule has 1 spiro atoms. The van der Waals surface area contributed by atoms with E-state index in [1.807, 2.05) is 47.4 Å². The van der Waals surface area contributed by atoms with Crippen LogP contribution in [0.5, 0.6) is 0 Å². The molecule has 2 N–H and O–H groups in total. The highest BCUT2D eigenvalue weighted by atomic mass is 19.4. The van der Waals surface area contributed by atoms with Gasteiger partial charge in [0, 0.05) is 61.1 Å². The van der Waals surface area contributed by atoms with Crippen molar-refractivity contribution in [2.75, 3.05) is 38.0 Å². The third-order valence-corrected chi connectivity index (χ3v) is 8.84. The van der Waals surface area contributed by atoms with Crippen LogP contribution < -0.4 is 10.6 Å². The number of carbonyl (C=O) groups excluding carboxylic acids is 2. The number of hydrogen-bond donors (Lipinski definition) is 2. The Morgan fingerprint density at radius 1 is 1.00 bits per heavy atom. The number of pyridine rings is 1. The molecule has 2 saturated heterocycles. The standard InChI is InChI=1S/C31H36F3N7O2/c32-31(33,34)14-9-26(42)39-19-10-22(11-20-39)25-4-1-18-41-27(25)37-29(38-41)36-24-7-5-23(6-8-24)28(43)40-17-3-13-30(15-21-40)12-2-16-35-30/h1,4-8,10,18,35H,2-3,9,11-17,19-21H2,(H,36,38). The minimum absolute atomic E-state index is 0.0541. The van der Waals surface area contributed by atoms with Crippen LogP contribution >= 0.6 is 0 Å². The molecule has 2 fully saturated rings. The van der Waals surface area contributed by atoms with Crippen molar-refractivity contribution in [2.45, 2.75) is 63.1 Å². The van der Waals surface area contributed by atoms with E-state index in [0.717, 1.165) is 55.7 Å². The number of fused-ring (bicyclic) bond motifs is 1. The molecule has 228 valence electrons. The summed E-state index contributed by atoms with van der Waals surface area (Å²) in [7, 11) is 0. The first-order valence-electron chi connectivity index (χ1n) is 15.0. The molecule has 0 bridgehead atoms. The second-order valence-corrected chi connectivity index (χ2v) is 11.7. The second kappa shape index (κ2) is 12.0. The molecule has 2 amide bonds. The van der Waals surface area contributed by atoms with Crippen molar-refractivity contribution < 1.29 is 22.8 Å². The topological polar surface area (TPSA) is 94.9 Å². The van der Waals surface area contributed by atoms with Gasteiger partial charge in [0.15, 0.2) is 5.65 Å². The molecule has 12 heteroatoms. The number of amides is 2. The highest BCUT2D eigenvalue weighted by Gasteiger charge is 2.36. The van der Waals surface area contributed by atoms with E-state index in [1.165, 1.54) is 17.7 Å². The van der Waals surface area contributed by atoms with Gasteiger partial charge in [0.1, 0.15) is 0 Å². The summed E-state index contributed by atoms with van der Waals surface area (Å²) in [6.07, 6.45) is 3.72. The predicted octanol–water partition coefficient (Wildman–Crippen LogP) is 5.18. The molecule has 9 nitrogen and oxygen atoms in total. The van der Waals surface area contributed by atoms with Gasteiger partial charge in [0.25, 0.3) is 5.91 Å². The van der Waals surface area contributed by atoms with Crippen molar-refractivity contribution in [1.82, 2.24) is 29.7 Å².